The Morgan fingerprint density at radius 2 is 2.16 bits per heavy atom. The molecule has 0 unspecified atom stereocenters. The lowest BCUT2D eigenvalue weighted by atomic mass is 10.1. The van der Waals surface area contributed by atoms with Gasteiger partial charge in [-0.05, 0) is 0 Å². The van der Waals surface area contributed by atoms with Crippen LogP contribution in [0.25, 0.3) is 11.0 Å². The lowest BCUT2D eigenvalue weighted by Crippen LogP contribution is -2.41. The third kappa shape index (κ3) is 2.92. The SMILES string of the molecule is COOC[C@H]1O[C@@H](n2cc(N)c3c(C(N)=O)ncnc32)[C@@H](N)[C@@H]1OC. The van der Waals surface area contributed by atoms with Gasteiger partial charge in [-0.2, -0.15) is 0 Å². The van der Waals surface area contributed by atoms with Crippen molar-refractivity contribution in [1.82, 2.24) is 14.5 Å². The number of hydrogen-bond donors (Lipinski definition) is 3. The van der Waals surface area contributed by atoms with Crippen LogP contribution in [0.4, 0.5) is 5.69 Å². The van der Waals surface area contributed by atoms with Crippen molar-refractivity contribution in [2.24, 2.45) is 11.5 Å². The number of anilines is 1. The van der Waals surface area contributed by atoms with Crippen LogP contribution in [0, 0.1) is 0 Å². The minimum Gasteiger partial charge on any atom is -0.397 e. The molecule has 2 aromatic heterocycles. The molecule has 1 fully saturated rings. The Balaban J connectivity index is 2.02. The van der Waals surface area contributed by atoms with Crippen LogP contribution in [0.2, 0.25) is 0 Å². The summed E-state index contributed by atoms with van der Waals surface area (Å²) in [7, 11) is 2.93. The van der Waals surface area contributed by atoms with Gasteiger partial charge in [0.15, 0.2) is 6.23 Å². The molecule has 0 bridgehead atoms. The average molecular weight is 352 g/mol. The predicted octanol–water partition coefficient (Wildman–Crippen LogP) is -1.07. The lowest BCUT2D eigenvalue weighted by molar-refractivity contribution is -0.290. The number of hydrogen-bond acceptors (Lipinski definition) is 9. The third-order valence-corrected chi connectivity index (χ3v) is 4.16. The van der Waals surface area contributed by atoms with Crippen LogP contribution in [0.1, 0.15) is 16.7 Å². The minimum absolute atomic E-state index is 0.0374. The molecular formula is C14H20N6O5. The second-order valence-electron chi connectivity index (χ2n) is 5.57. The van der Waals surface area contributed by atoms with E-state index in [1.807, 2.05) is 0 Å². The highest BCUT2D eigenvalue weighted by Gasteiger charge is 2.44. The number of ether oxygens (including phenoxy) is 2. The smallest absolute Gasteiger partial charge is 0.268 e. The molecule has 3 heterocycles. The first kappa shape index (κ1) is 17.5. The topological polar surface area (TPSA) is 163 Å². The lowest BCUT2D eigenvalue weighted by Gasteiger charge is -2.19. The average Bonchev–Trinajstić information content (AvgIpc) is 3.09. The largest absolute Gasteiger partial charge is 0.397 e. The van der Waals surface area contributed by atoms with Gasteiger partial charge in [-0.25, -0.2) is 19.7 Å². The Morgan fingerprint density at radius 3 is 2.80 bits per heavy atom. The number of carbonyl (C=O) groups is 1. The van der Waals surface area contributed by atoms with Crippen molar-refractivity contribution in [3.05, 3.63) is 18.2 Å². The molecule has 3 rings (SSSR count). The zero-order chi connectivity index (χ0) is 18.1. The molecule has 0 radical (unpaired) electrons. The quantitative estimate of drug-likeness (QED) is 0.434. The number of amides is 1. The van der Waals surface area contributed by atoms with Crippen LogP contribution in [-0.2, 0) is 19.2 Å². The Morgan fingerprint density at radius 1 is 1.40 bits per heavy atom. The molecule has 4 atom stereocenters. The highest BCUT2D eigenvalue weighted by Crippen LogP contribution is 2.35. The van der Waals surface area contributed by atoms with Crippen molar-refractivity contribution in [2.75, 3.05) is 26.6 Å². The van der Waals surface area contributed by atoms with Gasteiger partial charge in [0.1, 0.15) is 36.5 Å². The summed E-state index contributed by atoms with van der Waals surface area (Å²) in [5.74, 6) is -0.699. The Bertz CT molecular complexity index is 780. The van der Waals surface area contributed by atoms with Gasteiger partial charge in [0.05, 0.1) is 24.2 Å². The molecule has 0 spiro atoms. The van der Waals surface area contributed by atoms with E-state index < -0.39 is 30.4 Å². The zero-order valence-electron chi connectivity index (χ0n) is 13.8. The standard InChI is InChI=1S/C14H20N6O5/c1-22-11-7(4-24-23-2)25-14(9(11)16)20-3-6(15)8-10(12(17)21)18-5-19-13(8)20/h3,5,7,9,11,14H,4,15-16H2,1-2H3,(H2,17,21)/t7-,9+,11-,14-/m1/s1. The van der Waals surface area contributed by atoms with Gasteiger partial charge >= 0.3 is 0 Å². The molecule has 1 saturated heterocycles. The number of nitrogens with zero attached hydrogens (tertiary/aromatic N) is 3. The van der Waals surface area contributed by atoms with Crippen LogP contribution < -0.4 is 17.2 Å². The first-order chi connectivity index (χ1) is 12.0. The maximum absolute atomic E-state index is 11.6. The van der Waals surface area contributed by atoms with Crippen molar-refractivity contribution in [1.29, 1.82) is 0 Å². The summed E-state index contributed by atoms with van der Waals surface area (Å²) in [6, 6.07) is -0.530. The summed E-state index contributed by atoms with van der Waals surface area (Å²) in [4.78, 5) is 29.2. The van der Waals surface area contributed by atoms with E-state index >= 15 is 0 Å². The van der Waals surface area contributed by atoms with E-state index in [4.69, 9.17) is 31.6 Å². The zero-order valence-corrected chi connectivity index (χ0v) is 13.8. The number of rotatable bonds is 6. The summed E-state index contributed by atoms with van der Waals surface area (Å²) in [5.41, 5.74) is 18.4. The Labute approximate surface area is 142 Å². The predicted molar refractivity (Wildman–Crippen MR) is 86.1 cm³/mol. The Hall–Kier alpha value is -2.31. The fourth-order valence-corrected chi connectivity index (χ4v) is 3.08. The monoisotopic (exact) mass is 352 g/mol. The van der Waals surface area contributed by atoms with Gasteiger partial charge in [-0.3, -0.25) is 4.79 Å². The molecule has 25 heavy (non-hydrogen) atoms. The molecular weight excluding hydrogens is 332 g/mol. The number of fused-ring (bicyclic) bond motifs is 1. The summed E-state index contributed by atoms with van der Waals surface area (Å²) in [5, 5.41) is 0.358. The van der Waals surface area contributed by atoms with E-state index in [1.165, 1.54) is 20.5 Å². The number of nitrogens with two attached hydrogens (primary N) is 3. The van der Waals surface area contributed by atoms with Crippen LogP contribution in [0.15, 0.2) is 12.5 Å². The number of aromatic nitrogens is 3. The molecule has 11 nitrogen and oxygen atoms in total. The van der Waals surface area contributed by atoms with Gasteiger partial charge in [-0.15, -0.1) is 0 Å². The van der Waals surface area contributed by atoms with Crippen LogP contribution in [0.5, 0.6) is 0 Å². The van der Waals surface area contributed by atoms with Gasteiger partial charge in [-0.1, -0.05) is 0 Å². The summed E-state index contributed by atoms with van der Waals surface area (Å²) >= 11 is 0. The van der Waals surface area contributed by atoms with Gasteiger partial charge in [0.2, 0.25) is 0 Å². The molecule has 0 aliphatic carbocycles. The fourth-order valence-electron chi connectivity index (χ4n) is 3.08. The summed E-state index contributed by atoms with van der Waals surface area (Å²) < 4.78 is 13.0. The number of methoxy groups -OCH3 is 1. The maximum atomic E-state index is 11.6. The molecule has 1 amide bonds. The molecule has 2 aromatic rings. The van der Waals surface area contributed by atoms with Crippen molar-refractivity contribution in [2.45, 2.75) is 24.5 Å². The summed E-state index contributed by atoms with van der Waals surface area (Å²) in [6.07, 6.45) is 1.30. The minimum atomic E-state index is -0.699. The number of primary amides is 1. The molecule has 1 aliphatic rings. The van der Waals surface area contributed by atoms with Crippen molar-refractivity contribution in [3.8, 4) is 0 Å². The molecule has 1 aliphatic heterocycles. The van der Waals surface area contributed by atoms with E-state index in [9.17, 15) is 4.79 Å². The first-order valence-corrected chi connectivity index (χ1v) is 7.49. The molecule has 11 heteroatoms. The van der Waals surface area contributed by atoms with E-state index in [1.54, 1.807) is 10.8 Å². The first-order valence-electron chi connectivity index (χ1n) is 7.49. The maximum Gasteiger partial charge on any atom is 0.268 e. The van der Waals surface area contributed by atoms with Gasteiger partial charge < -0.3 is 31.2 Å². The van der Waals surface area contributed by atoms with Gasteiger partial charge in [0.25, 0.3) is 5.91 Å². The number of carbonyl (C=O) groups excluding carboxylic acids is 1. The van der Waals surface area contributed by atoms with Crippen molar-refractivity contribution < 1.29 is 24.0 Å². The second kappa shape index (κ2) is 6.90. The molecule has 6 N–H and O–H groups in total. The Kier molecular flexibility index (Phi) is 4.83. The van der Waals surface area contributed by atoms with Crippen molar-refractivity contribution >= 4 is 22.6 Å². The van der Waals surface area contributed by atoms with Crippen LogP contribution in [-0.4, -0.2) is 59.5 Å². The third-order valence-electron chi connectivity index (χ3n) is 4.16. The highest BCUT2D eigenvalue weighted by atomic mass is 17.2. The molecule has 0 aromatic carbocycles. The summed E-state index contributed by atoms with van der Waals surface area (Å²) in [6.45, 7) is 0.134. The van der Waals surface area contributed by atoms with E-state index in [2.05, 4.69) is 14.9 Å². The fraction of sp³-hybridized carbons (Fsp3) is 0.500. The van der Waals surface area contributed by atoms with E-state index in [0.29, 0.717) is 16.7 Å². The number of nitrogen functional groups attached to an aromatic ring is 1. The highest BCUT2D eigenvalue weighted by molar-refractivity contribution is 6.07. The van der Waals surface area contributed by atoms with Crippen LogP contribution >= 0.6 is 0 Å². The molecule has 136 valence electrons. The molecule has 0 saturated carbocycles. The normalized spacial score (nSPS) is 26.4. The van der Waals surface area contributed by atoms with Crippen LogP contribution in [0.3, 0.4) is 0 Å². The van der Waals surface area contributed by atoms with E-state index in [-0.39, 0.29) is 12.3 Å². The van der Waals surface area contributed by atoms with E-state index in [0.717, 1.165) is 0 Å². The van der Waals surface area contributed by atoms with Gasteiger partial charge in [0, 0.05) is 13.3 Å². The second-order valence-corrected chi connectivity index (χ2v) is 5.57. The van der Waals surface area contributed by atoms with Crippen molar-refractivity contribution in [3.63, 3.8) is 0 Å².